The molecule has 1 aromatic heterocycles. The van der Waals surface area contributed by atoms with Gasteiger partial charge >= 0.3 is 0 Å². The molecule has 0 saturated heterocycles. The second kappa shape index (κ2) is 7.59. The van der Waals surface area contributed by atoms with Crippen molar-refractivity contribution in [3.05, 3.63) is 49.3 Å². The normalized spacial score (nSPS) is 16.7. The molecule has 1 amide bonds. The summed E-state index contributed by atoms with van der Waals surface area (Å²) >= 11 is 0. The first-order valence-electron chi connectivity index (χ1n) is 8.46. The van der Waals surface area contributed by atoms with Gasteiger partial charge in [0.2, 0.25) is 11.8 Å². The van der Waals surface area contributed by atoms with Crippen LogP contribution in [0.15, 0.2) is 49.3 Å². The second-order valence-corrected chi connectivity index (χ2v) is 6.30. The summed E-state index contributed by atoms with van der Waals surface area (Å²) in [6.07, 6.45) is 5.01. The van der Waals surface area contributed by atoms with Crippen LogP contribution in [0.4, 0.5) is 20.2 Å². The van der Waals surface area contributed by atoms with Crippen molar-refractivity contribution in [2.24, 2.45) is 0 Å². The topological polar surface area (TPSA) is 66.9 Å². The van der Waals surface area contributed by atoms with Crippen LogP contribution >= 0.6 is 0 Å². The van der Waals surface area contributed by atoms with Crippen LogP contribution in [0.2, 0.25) is 0 Å². The molecule has 5 nitrogen and oxygen atoms in total. The maximum absolute atomic E-state index is 13.4. The fourth-order valence-corrected chi connectivity index (χ4v) is 2.97. The lowest BCUT2D eigenvalue weighted by atomic mass is 9.92. The summed E-state index contributed by atoms with van der Waals surface area (Å²) in [5, 5.41) is 6.04. The van der Waals surface area contributed by atoms with Gasteiger partial charge in [-0.3, -0.25) is 4.79 Å². The smallest absolute Gasteiger partial charge is 0.248 e. The highest BCUT2D eigenvalue weighted by Gasteiger charge is 2.35. The predicted octanol–water partition coefficient (Wildman–Crippen LogP) is 4.26. The molecule has 7 heteroatoms. The zero-order chi connectivity index (χ0) is 18.6. The minimum absolute atomic E-state index is 0.0364. The number of nitrogens with zero attached hydrogens (tertiary/aromatic N) is 2. The van der Waals surface area contributed by atoms with Crippen molar-refractivity contribution in [2.75, 3.05) is 10.6 Å². The number of halogens is 2. The molecular formula is C19H20F2N4O. The monoisotopic (exact) mass is 358 g/mol. The van der Waals surface area contributed by atoms with Crippen LogP contribution in [0.5, 0.6) is 0 Å². The van der Waals surface area contributed by atoms with E-state index in [-0.39, 0.29) is 24.8 Å². The SMILES string of the molecule is C=CC(=O)Nc1ccc(NC2CCC(F)(F)CC2)c(-c2ncccn2)c1. The first-order chi connectivity index (χ1) is 12.5. The molecule has 26 heavy (non-hydrogen) atoms. The molecule has 2 N–H and O–H groups in total. The highest BCUT2D eigenvalue weighted by atomic mass is 19.3. The second-order valence-electron chi connectivity index (χ2n) is 6.30. The van der Waals surface area contributed by atoms with E-state index in [0.29, 0.717) is 29.9 Å². The number of aromatic nitrogens is 2. The quantitative estimate of drug-likeness (QED) is 0.784. The summed E-state index contributed by atoms with van der Waals surface area (Å²) in [5.74, 6) is -2.39. The minimum Gasteiger partial charge on any atom is -0.382 e. The van der Waals surface area contributed by atoms with E-state index < -0.39 is 5.92 Å². The summed E-state index contributed by atoms with van der Waals surface area (Å²) in [5.41, 5.74) is 2.03. The predicted molar refractivity (Wildman–Crippen MR) is 97.1 cm³/mol. The Balaban J connectivity index is 1.86. The number of nitrogens with one attached hydrogen (secondary N) is 2. The van der Waals surface area contributed by atoms with E-state index in [1.165, 1.54) is 6.08 Å². The van der Waals surface area contributed by atoms with Crippen molar-refractivity contribution < 1.29 is 13.6 Å². The van der Waals surface area contributed by atoms with Crippen LogP contribution in [0.3, 0.4) is 0 Å². The molecule has 0 spiro atoms. The van der Waals surface area contributed by atoms with Crippen molar-refractivity contribution in [2.45, 2.75) is 37.6 Å². The number of hydrogen-bond donors (Lipinski definition) is 2. The summed E-state index contributed by atoms with van der Waals surface area (Å²) in [4.78, 5) is 20.1. The number of hydrogen-bond acceptors (Lipinski definition) is 4. The van der Waals surface area contributed by atoms with Gasteiger partial charge in [0.25, 0.3) is 0 Å². The zero-order valence-electron chi connectivity index (χ0n) is 14.2. The van der Waals surface area contributed by atoms with Gasteiger partial charge in [-0.1, -0.05) is 6.58 Å². The molecule has 0 unspecified atom stereocenters. The molecule has 136 valence electrons. The zero-order valence-corrected chi connectivity index (χ0v) is 14.2. The summed E-state index contributed by atoms with van der Waals surface area (Å²) in [6, 6.07) is 6.98. The van der Waals surface area contributed by atoms with Crippen LogP contribution < -0.4 is 10.6 Å². The third-order valence-corrected chi connectivity index (χ3v) is 4.36. The van der Waals surface area contributed by atoms with Gasteiger partial charge in [0, 0.05) is 48.2 Å². The van der Waals surface area contributed by atoms with E-state index in [9.17, 15) is 13.6 Å². The Bertz CT molecular complexity index is 785. The van der Waals surface area contributed by atoms with Crippen LogP contribution in [0, 0.1) is 0 Å². The van der Waals surface area contributed by atoms with E-state index in [4.69, 9.17) is 0 Å². The van der Waals surface area contributed by atoms with E-state index in [2.05, 4.69) is 27.2 Å². The molecule has 2 aromatic rings. The van der Waals surface area contributed by atoms with Crippen molar-refractivity contribution in [3.63, 3.8) is 0 Å². The number of rotatable bonds is 5. The van der Waals surface area contributed by atoms with Crippen molar-refractivity contribution >= 4 is 17.3 Å². The lowest BCUT2D eigenvalue weighted by molar-refractivity contribution is -0.111. The minimum atomic E-state index is -2.57. The molecule has 0 radical (unpaired) electrons. The number of carbonyl (C=O) groups excluding carboxylic acids is 1. The van der Waals surface area contributed by atoms with E-state index in [1.807, 2.05) is 0 Å². The van der Waals surface area contributed by atoms with Crippen LogP contribution in [0.25, 0.3) is 11.4 Å². The molecule has 1 aliphatic carbocycles. The van der Waals surface area contributed by atoms with Crippen molar-refractivity contribution in [1.29, 1.82) is 0 Å². The molecular weight excluding hydrogens is 338 g/mol. The standard InChI is InChI=1S/C19H20F2N4O/c1-2-17(26)25-14-4-5-16(15(12-14)18-22-10-3-11-23-18)24-13-6-8-19(20,21)9-7-13/h2-5,10-13,24H,1,6-9H2,(H,25,26). The lowest BCUT2D eigenvalue weighted by Crippen LogP contribution is -2.32. The van der Waals surface area contributed by atoms with E-state index >= 15 is 0 Å². The number of benzene rings is 1. The number of carbonyl (C=O) groups is 1. The first-order valence-corrected chi connectivity index (χ1v) is 8.46. The van der Waals surface area contributed by atoms with E-state index in [1.54, 1.807) is 36.7 Å². The summed E-state index contributed by atoms with van der Waals surface area (Å²) in [6.45, 7) is 3.43. The lowest BCUT2D eigenvalue weighted by Gasteiger charge is -2.30. The largest absolute Gasteiger partial charge is 0.382 e. The van der Waals surface area contributed by atoms with Gasteiger partial charge in [-0.15, -0.1) is 0 Å². The van der Waals surface area contributed by atoms with Gasteiger partial charge in [-0.25, -0.2) is 18.7 Å². The Morgan fingerprint density at radius 2 is 1.92 bits per heavy atom. The Hall–Kier alpha value is -2.83. The average molecular weight is 358 g/mol. The van der Waals surface area contributed by atoms with Crippen LogP contribution in [-0.4, -0.2) is 27.8 Å². The van der Waals surface area contributed by atoms with Gasteiger partial charge in [-0.2, -0.15) is 0 Å². The van der Waals surface area contributed by atoms with Crippen LogP contribution in [0.1, 0.15) is 25.7 Å². The third-order valence-electron chi connectivity index (χ3n) is 4.36. The third kappa shape index (κ3) is 4.41. The Morgan fingerprint density at radius 3 is 2.58 bits per heavy atom. The van der Waals surface area contributed by atoms with Crippen molar-refractivity contribution in [3.8, 4) is 11.4 Å². The number of alkyl halides is 2. The molecule has 1 aromatic carbocycles. The summed E-state index contributed by atoms with van der Waals surface area (Å²) < 4.78 is 26.7. The van der Waals surface area contributed by atoms with Gasteiger partial charge in [0.05, 0.1) is 0 Å². The van der Waals surface area contributed by atoms with Crippen molar-refractivity contribution in [1.82, 2.24) is 9.97 Å². The molecule has 1 aliphatic rings. The highest BCUT2D eigenvalue weighted by Crippen LogP contribution is 2.36. The number of amides is 1. The van der Waals surface area contributed by atoms with Gasteiger partial charge in [-0.05, 0) is 43.2 Å². The van der Waals surface area contributed by atoms with Gasteiger partial charge < -0.3 is 10.6 Å². The molecule has 3 rings (SSSR count). The van der Waals surface area contributed by atoms with Crippen LogP contribution in [-0.2, 0) is 4.79 Å². The molecule has 1 fully saturated rings. The average Bonchev–Trinajstić information content (AvgIpc) is 2.65. The Morgan fingerprint density at radius 1 is 1.23 bits per heavy atom. The Kier molecular flexibility index (Phi) is 5.25. The molecule has 0 bridgehead atoms. The maximum atomic E-state index is 13.4. The maximum Gasteiger partial charge on any atom is 0.248 e. The molecule has 0 aliphatic heterocycles. The van der Waals surface area contributed by atoms with E-state index in [0.717, 1.165) is 5.69 Å². The van der Waals surface area contributed by atoms with Gasteiger partial charge in [0.1, 0.15) is 0 Å². The fraction of sp³-hybridized carbons (Fsp3) is 0.316. The summed E-state index contributed by atoms with van der Waals surface area (Å²) in [7, 11) is 0. The van der Waals surface area contributed by atoms with Gasteiger partial charge in [0.15, 0.2) is 5.82 Å². The highest BCUT2D eigenvalue weighted by molar-refractivity contribution is 5.99. The Labute approximate surface area is 150 Å². The molecule has 0 atom stereocenters. The number of anilines is 2. The molecule has 1 saturated carbocycles. The first kappa shape index (κ1) is 18.0. The molecule has 1 heterocycles. The fourth-order valence-electron chi connectivity index (χ4n) is 2.97.